The van der Waals surface area contributed by atoms with Gasteiger partial charge in [-0.25, -0.2) is 0 Å². The molecule has 0 spiro atoms. The quantitative estimate of drug-likeness (QED) is 0.751. The highest BCUT2D eigenvalue weighted by molar-refractivity contribution is 9.12. The summed E-state index contributed by atoms with van der Waals surface area (Å²) in [5.74, 6) is -3.89. The Morgan fingerprint density at radius 3 is 2.13 bits per heavy atom. The maximum absolute atomic E-state index is 11.0. The van der Waals surface area contributed by atoms with Gasteiger partial charge in [0.05, 0.1) is 11.8 Å². The molecule has 6 heteroatoms. The van der Waals surface area contributed by atoms with Crippen LogP contribution in [0.5, 0.6) is 0 Å². The van der Waals surface area contributed by atoms with Crippen LogP contribution in [0.3, 0.4) is 0 Å². The Morgan fingerprint density at radius 2 is 1.73 bits per heavy atom. The summed E-state index contributed by atoms with van der Waals surface area (Å²) in [6, 6.07) is 0. The first kappa shape index (κ1) is 13.0. The molecule has 4 nitrogen and oxygen atoms in total. The zero-order valence-electron chi connectivity index (χ0n) is 8.06. The van der Waals surface area contributed by atoms with Gasteiger partial charge in [-0.15, -0.1) is 0 Å². The number of carboxylic acid groups (broad SMARTS) is 2. The largest absolute Gasteiger partial charge is 0.481 e. The van der Waals surface area contributed by atoms with E-state index in [2.05, 4.69) is 31.9 Å². The molecule has 1 aliphatic rings. The average Bonchev–Trinajstić information content (AvgIpc) is 2.12. The van der Waals surface area contributed by atoms with Crippen molar-refractivity contribution in [1.29, 1.82) is 0 Å². The first-order valence-corrected chi connectivity index (χ1v) is 6.43. The third-order valence-electron chi connectivity index (χ3n) is 2.93. The summed E-state index contributed by atoms with van der Waals surface area (Å²) in [6.07, 6.45) is 0.340. The molecule has 2 N–H and O–H groups in total. The van der Waals surface area contributed by atoms with Crippen LogP contribution < -0.4 is 0 Å². The number of alkyl halides is 2. The van der Waals surface area contributed by atoms with E-state index < -0.39 is 23.8 Å². The van der Waals surface area contributed by atoms with Crippen LogP contribution in [-0.2, 0) is 9.59 Å². The zero-order valence-corrected chi connectivity index (χ0v) is 11.2. The third-order valence-corrected chi connectivity index (χ3v) is 6.05. The second-order valence-electron chi connectivity index (χ2n) is 3.86. The average molecular weight is 344 g/mol. The molecule has 0 aromatic rings. The van der Waals surface area contributed by atoms with Gasteiger partial charge in [-0.1, -0.05) is 38.8 Å². The maximum atomic E-state index is 11.0. The van der Waals surface area contributed by atoms with Crippen LogP contribution in [0.1, 0.15) is 13.3 Å². The summed E-state index contributed by atoms with van der Waals surface area (Å²) in [7, 11) is 0. The number of rotatable bonds is 2. The van der Waals surface area contributed by atoms with Crippen LogP contribution in [-0.4, -0.2) is 31.8 Å². The van der Waals surface area contributed by atoms with Crippen molar-refractivity contribution in [3.05, 3.63) is 0 Å². The molecule has 0 amide bonds. The lowest BCUT2D eigenvalue weighted by Crippen LogP contribution is -2.46. The van der Waals surface area contributed by atoms with Gasteiger partial charge in [0.25, 0.3) is 0 Å². The summed E-state index contributed by atoms with van der Waals surface area (Å²) in [4.78, 5) is 22.0. The molecule has 1 rings (SSSR count). The molecule has 5 unspecified atom stereocenters. The molecule has 0 aromatic heterocycles. The van der Waals surface area contributed by atoms with E-state index in [1.807, 2.05) is 0 Å². The Hall–Kier alpha value is -0.100. The van der Waals surface area contributed by atoms with E-state index in [9.17, 15) is 9.59 Å². The molecule has 0 radical (unpaired) electrons. The lowest BCUT2D eigenvalue weighted by molar-refractivity contribution is -0.157. The molecule has 1 aliphatic carbocycles. The fourth-order valence-corrected chi connectivity index (χ4v) is 3.49. The number of hydrogen-bond donors (Lipinski definition) is 2. The summed E-state index contributed by atoms with van der Waals surface area (Å²) in [6.45, 7) is 1.77. The van der Waals surface area contributed by atoms with E-state index in [4.69, 9.17) is 10.2 Å². The monoisotopic (exact) mass is 342 g/mol. The molecule has 1 saturated carbocycles. The normalized spacial score (nSPS) is 41.1. The molecule has 86 valence electrons. The van der Waals surface area contributed by atoms with Gasteiger partial charge in [-0.2, -0.15) is 0 Å². The predicted molar refractivity (Wildman–Crippen MR) is 61.5 cm³/mol. The van der Waals surface area contributed by atoms with Gasteiger partial charge < -0.3 is 10.2 Å². The van der Waals surface area contributed by atoms with E-state index in [1.165, 1.54) is 0 Å². The highest BCUT2D eigenvalue weighted by Crippen LogP contribution is 2.42. The SMILES string of the molecule is CC1C(Br)C(Br)CC(C(=O)O)C1C(=O)O. The minimum atomic E-state index is -1.03. The second kappa shape index (κ2) is 4.82. The zero-order chi connectivity index (χ0) is 11.7. The van der Waals surface area contributed by atoms with Gasteiger partial charge in [0.15, 0.2) is 0 Å². The van der Waals surface area contributed by atoms with E-state index in [-0.39, 0.29) is 15.6 Å². The lowest BCUT2D eigenvalue weighted by Gasteiger charge is -2.38. The molecule has 0 aliphatic heterocycles. The summed E-state index contributed by atoms with van der Waals surface area (Å²) < 4.78 is 0. The second-order valence-corrected chi connectivity index (χ2v) is 6.10. The summed E-state index contributed by atoms with van der Waals surface area (Å²) in [5.41, 5.74) is 0. The van der Waals surface area contributed by atoms with Crippen LogP contribution >= 0.6 is 31.9 Å². The fourth-order valence-electron chi connectivity index (χ4n) is 2.06. The van der Waals surface area contributed by atoms with Crippen molar-refractivity contribution in [3.63, 3.8) is 0 Å². The van der Waals surface area contributed by atoms with Crippen molar-refractivity contribution >= 4 is 43.8 Å². The smallest absolute Gasteiger partial charge is 0.307 e. The molecule has 0 saturated heterocycles. The van der Waals surface area contributed by atoms with Crippen molar-refractivity contribution in [2.75, 3.05) is 0 Å². The van der Waals surface area contributed by atoms with Crippen molar-refractivity contribution in [1.82, 2.24) is 0 Å². The first-order valence-electron chi connectivity index (χ1n) is 4.60. The number of hydrogen-bond acceptors (Lipinski definition) is 2. The highest BCUT2D eigenvalue weighted by atomic mass is 79.9. The fraction of sp³-hybridized carbons (Fsp3) is 0.778. The molecule has 0 aromatic carbocycles. The van der Waals surface area contributed by atoms with E-state index in [0.29, 0.717) is 6.42 Å². The highest BCUT2D eigenvalue weighted by Gasteiger charge is 2.47. The first-order chi connectivity index (χ1) is 6.86. The van der Waals surface area contributed by atoms with Crippen LogP contribution in [0.4, 0.5) is 0 Å². The molecule has 15 heavy (non-hydrogen) atoms. The van der Waals surface area contributed by atoms with Crippen molar-refractivity contribution in [3.8, 4) is 0 Å². The Labute approximate surface area is 104 Å². The molecule has 0 bridgehead atoms. The van der Waals surface area contributed by atoms with Gasteiger partial charge in [0.1, 0.15) is 0 Å². The van der Waals surface area contributed by atoms with Crippen LogP contribution in [0, 0.1) is 17.8 Å². The van der Waals surface area contributed by atoms with Crippen molar-refractivity contribution in [2.45, 2.75) is 23.0 Å². The van der Waals surface area contributed by atoms with Crippen molar-refractivity contribution < 1.29 is 19.8 Å². The van der Waals surface area contributed by atoms with Gasteiger partial charge in [-0.05, 0) is 12.3 Å². The number of halogens is 2. The standard InChI is InChI=1S/C9H12Br2O4/c1-3-6(9(14)15)4(8(12)13)2-5(10)7(3)11/h3-7H,2H2,1H3,(H,12,13)(H,14,15). The van der Waals surface area contributed by atoms with E-state index in [1.54, 1.807) is 6.92 Å². The Bertz CT molecular complexity index is 281. The van der Waals surface area contributed by atoms with Crippen LogP contribution in [0.2, 0.25) is 0 Å². The van der Waals surface area contributed by atoms with Gasteiger partial charge in [0, 0.05) is 9.65 Å². The lowest BCUT2D eigenvalue weighted by atomic mass is 9.72. The minimum Gasteiger partial charge on any atom is -0.481 e. The third kappa shape index (κ3) is 2.53. The van der Waals surface area contributed by atoms with Gasteiger partial charge in [0.2, 0.25) is 0 Å². The number of carboxylic acids is 2. The summed E-state index contributed by atoms with van der Waals surface area (Å²) in [5, 5.41) is 18.0. The maximum Gasteiger partial charge on any atom is 0.307 e. The molecule has 0 heterocycles. The van der Waals surface area contributed by atoms with Crippen molar-refractivity contribution in [2.24, 2.45) is 17.8 Å². The number of carbonyl (C=O) groups is 2. The molecule has 1 fully saturated rings. The Balaban J connectivity index is 2.96. The van der Waals surface area contributed by atoms with Crippen LogP contribution in [0.25, 0.3) is 0 Å². The topological polar surface area (TPSA) is 74.6 Å². The minimum absolute atomic E-state index is 0.00389. The Kier molecular flexibility index (Phi) is 4.17. The molecular weight excluding hydrogens is 332 g/mol. The van der Waals surface area contributed by atoms with E-state index in [0.717, 1.165) is 0 Å². The Morgan fingerprint density at radius 1 is 1.20 bits per heavy atom. The van der Waals surface area contributed by atoms with Crippen LogP contribution in [0.15, 0.2) is 0 Å². The molecule has 5 atom stereocenters. The van der Waals surface area contributed by atoms with E-state index >= 15 is 0 Å². The van der Waals surface area contributed by atoms with Gasteiger partial charge in [-0.3, -0.25) is 9.59 Å². The predicted octanol–water partition coefficient (Wildman–Crippen LogP) is 1.95. The molecular formula is C9H12Br2O4. The van der Waals surface area contributed by atoms with Gasteiger partial charge >= 0.3 is 11.9 Å². The number of aliphatic carboxylic acids is 2. The summed E-state index contributed by atoms with van der Waals surface area (Å²) >= 11 is 6.78.